The molecule has 156 valence electrons. The zero-order valence-electron chi connectivity index (χ0n) is 16.6. The third-order valence-corrected chi connectivity index (χ3v) is 4.85. The van der Waals surface area contributed by atoms with Crippen LogP contribution < -0.4 is 25.4 Å². The van der Waals surface area contributed by atoms with Gasteiger partial charge in [0, 0.05) is 38.4 Å². The van der Waals surface area contributed by atoms with Gasteiger partial charge in [0.1, 0.15) is 24.2 Å². The highest BCUT2D eigenvalue weighted by Crippen LogP contribution is 2.24. The smallest absolute Gasteiger partial charge is 0.316 e. The lowest BCUT2D eigenvalue weighted by atomic mass is 10.2. The van der Waals surface area contributed by atoms with Crippen LogP contribution in [0.3, 0.4) is 0 Å². The molecule has 2 aromatic rings. The molecule has 1 aliphatic heterocycles. The van der Waals surface area contributed by atoms with Crippen molar-refractivity contribution in [2.45, 2.75) is 6.10 Å². The Labute approximate surface area is 170 Å². The topological polar surface area (TPSA) is 100 Å². The summed E-state index contributed by atoms with van der Waals surface area (Å²) in [4.78, 5) is 15.6. The second-order valence-corrected chi connectivity index (χ2v) is 6.94. The summed E-state index contributed by atoms with van der Waals surface area (Å²) in [5.41, 5.74) is 6.83. The van der Waals surface area contributed by atoms with Crippen molar-refractivity contribution in [1.82, 2.24) is 4.90 Å². The molecule has 3 rings (SSSR count). The van der Waals surface area contributed by atoms with Crippen LogP contribution in [0.15, 0.2) is 48.5 Å². The molecule has 1 atom stereocenters. The van der Waals surface area contributed by atoms with Gasteiger partial charge in [-0.2, -0.15) is 0 Å². The average molecular weight is 400 g/mol. The van der Waals surface area contributed by atoms with Crippen molar-refractivity contribution in [3.63, 3.8) is 0 Å². The molecule has 0 saturated carbocycles. The van der Waals surface area contributed by atoms with E-state index in [1.807, 2.05) is 12.1 Å². The van der Waals surface area contributed by atoms with E-state index in [4.69, 9.17) is 15.2 Å². The number of carbonyl (C=O) groups excluding carboxylic acids is 1. The number of hydrogen-bond donors (Lipinski definition) is 3. The summed E-state index contributed by atoms with van der Waals surface area (Å²) in [6, 6.07) is 14.4. The van der Waals surface area contributed by atoms with Crippen LogP contribution in [-0.4, -0.2) is 68.6 Å². The molecule has 0 bridgehead atoms. The first-order valence-corrected chi connectivity index (χ1v) is 9.63. The van der Waals surface area contributed by atoms with E-state index in [-0.39, 0.29) is 6.61 Å². The number of benzene rings is 2. The summed E-state index contributed by atoms with van der Waals surface area (Å²) < 4.78 is 10.9. The second-order valence-electron chi connectivity index (χ2n) is 6.94. The Morgan fingerprint density at radius 3 is 2.48 bits per heavy atom. The first-order valence-electron chi connectivity index (χ1n) is 9.63. The van der Waals surface area contributed by atoms with Crippen LogP contribution in [0.4, 0.5) is 16.2 Å². The fourth-order valence-electron chi connectivity index (χ4n) is 3.35. The van der Waals surface area contributed by atoms with Crippen molar-refractivity contribution in [3.05, 3.63) is 48.5 Å². The van der Waals surface area contributed by atoms with E-state index < -0.39 is 12.1 Å². The number of para-hydroxylation sites is 2. The van der Waals surface area contributed by atoms with Gasteiger partial charge < -0.3 is 30.5 Å². The van der Waals surface area contributed by atoms with E-state index in [1.54, 1.807) is 31.4 Å². The van der Waals surface area contributed by atoms with Crippen LogP contribution in [0.2, 0.25) is 0 Å². The number of urea groups is 1. The average Bonchev–Trinajstić information content (AvgIpc) is 2.73. The number of anilines is 2. The maximum Gasteiger partial charge on any atom is 0.316 e. The molecule has 0 radical (unpaired) electrons. The fourth-order valence-corrected chi connectivity index (χ4v) is 3.35. The number of piperazine rings is 1. The highest BCUT2D eigenvalue weighted by Gasteiger charge is 2.20. The Bertz CT molecular complexity index is 792. The lowest BCUT2D eigenvalue weighted by molar-refractivity contribution is 0.0665. The first kappa shape index (κ1) is 20.8. The summed E-state index contributed by atoms with van der Waals surface area (Å²) >= 11 is 0. The number of methoxy groups -OCH3 is 1. The number of primary amides is 1. The third-order valence-electron chi connectivity index (χ3n) is 4.85. The largest absolute Gasteiger partial charge is 0.497 e. The Morgan fingerprint density at radius 2 is 1.83 bits per heavy atom. The molecular weight excluding hydrogens is 372 g/mol. The standard InChI is InChI=1S/C21H28N4O4/c1-28-18-8-6-16(7-9-18)25-12-10-24(11-13-25)14-17(26)15-29-20-5-3-2-4-19(20)23-21(22)27/h2-9,17,26H,10-15H2,1H3,(H3,22,23,27). The van der Waals surface area contributed by atoms with E-state index in [2.05, 4.69) is 27.2 Å². The monoisotopic (exact) mass is 400 g/mol. The lowest BCUT2D eigenvalue weighted by Crippen LogP contribution is -2.49. The summed E-state index contributed by atoms with van der Waals surface area (Å²) in [6.07, 6.45) is -0.635. The number of aliphatic hydroxyl groups is 1. The highest BCUT2D eigenvalue weighted by molar-refractivity contribution is 5.89. The SMILES string of the molecule is COc1ccc(N2CCN(CC(O)COc3ccccc3NC(N)=O)CC2)cc1. The molecule has 8 heteroatoms. The van der Waals surface area contributed by atoms with Crippen molar-refractivity contribution in [2.24, 2.45) is 5.73 Å². The summed E-state index contributed by atoms with van der Waals surface area (Å²) in [5, 5.41) is 12.9. The first-order chi connectivity index (χ1) is 14.0. The Balaban J connectivity index is 1.44. The van der Waals surface area contributed by atoms with Crippen molar-refractivity contribution < 1.29 is 19.4 Å². The number of aliphatic hydroxyl groups excluding tert-OH is 1. The van der Waals surface area contributed by atoms with Gasteiger partial charge in [0.25, 0.3) is 0 Å². The molecule has 1 fully saturated rings. The van der Waals surface area contributed by atoms with Gasteiger partial charge in [-0.1, -0.05) is 12.1 Å². The van der Waals surface area contributed by atoms with Crippen molar-refractivity contribution in [2.75, 3.05) is 56.7 Å². The van der Waals surface area contributed by atoms with Gasteiger partial charge in [-0.05, 0) is 36.4 Å². The molecule has 0 aromatic heterocycles. The molecule has 0 spiro atoms. The van der Waals surface area contributed by atoms with E-state index >= 15 is 0 Å². The number of ether oxygens (including phenoxy) is 2. The van der Waals surface area contributed by atoms with Crippen molar-refractivity contribution in [3.8, 4) is 11.5 Å². The van der Waals surface area contributed by atoms with E-state index in [0.717, 1.165) is 31.9 Å². The van der Waals surface area contributed by atoms with Crippen molar-refractivity contribution in [1.29, 1.82) is 0 Å². The number of nitrogens with two attached hydrogens (primary N) is 1. The number of nitrogens with zero attached hydrogens (tertiary/aromatic N) is 2. The predicted octanol–water partition coefficient (Wildman–Crippen LogP) is 1.75. The van der Waals surface area contributed by atoms with Gasteiger partial charge >= 0.3 is 6.03 Å². The van der Waals surface area contributed by atoms with E-state index in [0.29, 0.717) is 18.0 Å². The number of nitrogens with one attached hydrogen (secondary N) is 1. The van der Waals surface area contributed by atoms with Gasteiger partial charge in [-0.25, -0.2) is 4.79 Å². The zero-order valence-corrected chi connectivity index (χ0v) is 16.6. The maximum absolute atomic E-state index is 11.1. The minimum Gasteiger partial charge on any atom is -0.497 e. The van der Waals surface area contributed by atoms with Gasteiger partial charge in [0.2, 0.25) is 0 Å². The minimum absolute atomic E-state index is 0.135. The van der Waals surface area contributed by atoms with Crippen LogP contribution in [-0.2, 0) is 0 Å². The van der Waals surface area contributed by atoms with Crippen LogP contribution in [0.5, 0.6) is 11.5 Å². The Hall–Kier alpha value is -2.97. The zero-order chi connectivity index (χ0) is 20.6. The lowest BCUT2D eigenvalue weighted by Gasteiger charge is -2.36. The molecule has 29 heavy (non-hydrogen) atoms. The summed E-state index contributed by atoms with van der Waals surface area (Å²) in [7, 11) is 1.66. The molecule has 0 aliphatic carbocycles. The summed E-state index contributed by atoms with van der Waals surface area (Å²) in [6.45, 7) is 4.18. The van der Waals surface area contributed by atoms with Gasteiger partial charge in [0.05, 0.1) is 12.8 Å². The minimum atomic E-state index is -0.656. The number of carbonyl (C=O) groups is 1. The molecule has 1 aliphatic rings. The van der Waals surface area contributed by atoms with E-state index in [9.17, 15) is 9.90 Å². The molecular formula is C21H28N4O4. The quantitative estimate of drug-likeness (QED) is 0.624. The molecule has 2 aromatic carbocycles. The molecule has 8 nitrogen and oxygen atoms in total. The van der Waals surface area contributed by atoms with Crippen LogP contribution in [0.1, 0.15) is 0 Å². The number of amides is 2. The third kappa shape index (κ3) is 6.00. The van der Waals surface area contributed by atoms with Gasteiger partial charge in [0.15, 0.2) is 0 Å². The van der Waals surface area contributed by atoms with Gasteiger partial charge in [-0.3, -0.25) is 4.90 Å². The van der Waals surface area contributed by atoms with Gasteiger partial charge in [-0.15, -0.1) is 0 Å². The maximum atomic E-state index is 11.1. The van der Waals surface area contributed by atoms with Crippen LogP contribution >= 0.6 is 0 Å². The molecule has 2 amide bonds. The van der Waals surface area contributed by atoms with E-state index in [1.165, 1.54) is 5.69 Å². The number of β-amino-alcohol motifs (C(OH)–C–C–N with tert-alkyl or cyclic N) is 1. The summed E-state index contributed by atoms with van der Waals surface area (Å²) in [5.74, 6) is 1.33. The normalized spacial score (nSPS) is 15.6. The van der Waals surface area contributed by atoms with Crippen LogP contribution in [0.25, 0.3) is 0 Å². The molecule has 1 unspecified atom stereocenters. The second kappa shape index (κ2) is 9.99. The fraction of sp³-hybridized carbons (Fsp3) is 0.381. The Morgan fingerprint density at radius 1 is 1.14 bits per heavy atom. The number of rotatable bonds is 8. The highest BCUT2D eigenvalue weighted by atomic mass is 16.5. The molecule has 4 N–H and O–H groups in total. The number of hydrogen-bond acceptors (Lipinski definition) is 6. The molecule has 1 saturated heterocycles. The molecule has 1 heterocycles. The predicted molar refractivity (Wildman–Crippen MR) is 113 cm³/mol. The van der Waals surface area contributed by atoms with Crippen LogP contribution in [0, 0.1) is 0 Å². The Kier molecular flexibility index (Phi) is 7.15. The van der Waals surface area contributed by atoms with Crippen molar-refractivity contribution >= 4 is 17.4 Å².